The van der Waals surface area contributed by atoms with Crippen LogP contribution in [0.1, 0.15) is 43.4 Å². The molecule has 0 bridgehead atoms. The van der Waals surface area contributed by atoms with Gasteiger partial charge in [0.15, 0.2) is 0 Å². The van der Waals surface area contributed by atoms with E-state index < -0.39 is 10.8 Å². The zero-order valence-corrected chi connectivity index (χ0v) is 13.5. The highest BCUT2D eigenvalue weighted by Gasteiger charge is 2.15. The fourth-order valence-corrected chi connectivity index (χ4v) is 3.37. The van der Waals surface area contributed by atoms with Crippen LogP contribution in [0.2, 0.25) is 0 Å². The molecule has 0 radical (unpaired) electrons. The summed E-state index contributed by atoms with van der Waals surface area (Å²) in [6.07, 6.45) is 2.03. The maximum atomic E-state index is 12.1. The Morgan fingerprint density at radius 2 is 1.74 bits per heavy atom. The third-order valence-corrected chi connectivity index (χ3v) is 4.79. The molecule has 1 unspecified atom stereocenters. The quantitative estimate of drug-likeness (QED) is 0.833. The van der Waals surface area contributed by atoms with Crippen molar-refractivity contribution in [1.82, 2.24) is 0 Å². The monoisotopic (exact) mass is 281 g/mol. The zero-order chi connectivity index (χ0) is 14.5. The lowest BCUT2D eigenvalue weighted by atomic mass is 9.88. The van der Waals surface area contributed by atoms with E-state index in [1.165, 1.54) is 16.7 Å². The van der Waals surface area contributed by atoms with E-state index in [1.807, 2.05) is 0 Å². The molecular weight excluding hydrogens is 254 g/mol. The molecule has 0 aliphatic carbocycles. The van der Waals surface area contributed by atoms with E-state index in [4.69, 9.17) is 5.73 Å². The third kappa shape index (κ3) is 6.35. The molecule has 1 aromatic carbocycles. The van der Waals surface area contributed by atoms with Gasteiger partial charge in [-0.05, 0) is 44.2 Å². The Bertz CT molecular complexity index is 420. The van der Waals surface area contributed by atoms with Crippen molar-refractivity contribution in [3.05, 3.63) is 34.9 Å². The highest BCUT2D eigenvalue weighted by atomic mass is 32.2. The molecule has 1 aromatic rings. The van der Waals surface area contributed by atoms with E-state index in [-0.39, 0.29) is 5.41 Å². The average Bonchev–Trinajstić information content (AvgIpc) is 2.27. The molecule has 2 nitrogen and oxygen atoms in total. The van der Waals surface area contributed by atoms with Gasteiger partial charge in [-0.3, -0.25) is 4.21 Å². The molecule has 0 aliphatic rings. The summed E-state index contributed by atoms with van der Waals surface area (Å²) in [5.41, 5.74) is 9.56. The molecule has 0 amide bonds. The summed E-state index contributed by atoms with van der Waals surface area (Å²) < 4.78 is 12.1. The summed E-state index contributed by atoms with van der Waals surface area (Å²) >= 11 is 0. The number of nitrogens with two attached hydrogens (primary N) is 1. The van der Waals surface area contributed by atoms with E-state index >= 15 is 0 Å². The van der Waals surface area contributed by atoms with E-state index in [0.29, 0.717) is 12.3 Å². The summed E-state index contributed by atoms with van der Waals surface area (Å²) in [5, 5.41) is 0. The second-order valence-corrected chi connectivity index (χ2v) is 7.83. The molecule has 2 N–H and O–H groups in total. The molecule has 0 fully saturated rings. The Labute approximate surface area is 120 Å². The van der Waals surface area contributed by atoms with Gasteiger partial charge in [0.1, 0.15) is 0 Å². The van der Waals surface area contributed by atoms with Crippen LogP contribution in [0.15, 0.2) is 18.2 Å². The summed E-state index contributed by atoms with van der Waals surface area (Å²) in [7, 11) is -0.765. The van der Waals surface area contributed by atoms with Crippen molar-refractivity contribution in [2.45, 2.75) is 46.3 Å². The minimum Gasteiger partial charge on any atom is -0.330 e. The maximum Gasteiger partial charge on any atom is 0.0485 e. The minimum atomic E-state index is -0.765. The fourth-order valence-electron chi connectivity index (χ4n) is 2.22. The van der Waals surface area contributed by atoms with Gasteiger partial charge in [0.2, 0.25) is 0 Å². The smallest absolute Gasteiger partial charge is 0.0485 e. The van der Waals surface area contributed by atoms with Gasteiger partial charge in [0.25, 0.3) is 0 Å². The molecule has 3 heteroatoms. The number of rotatable bonds is 7. The predicted molar refractivity (Wildman–Crippen MR) is 84.7 cm³/mol. The Morgan fingerprint density at radius 3 is 2.26 bits per heavy atom. The van der Waals surface area contributed by atoms with Crippen LogP contribution in [-0.2, 0) is 16.6 Å². The predicted octanol–water partition coefficient (Wildman–Crippen LogP) is 3.32. The van der Waals surface area contributed by atoms with Crippen LogP contribution in [0.3, 0.4) is 0 Å². The highest BCUT2D eigenvalue weighted by Crippen LogP contribution is 2.20. The van der Waals surface area contributed by atoms with Crippen LogP contribution in [0, 0.1) is 19.3 Å². The van der Waals surface area contributed by atoms with Crippen molar-refractivity contribution in [3.8, 4) is 0 Å². The second kappa shape index (κ2) is 7.20. The highest BCUT2D eigenvalue weighted by molar-refractivity contribution is 7.84. The van der Waals surface area contributed by atoms with Crippen LogP contribution in [0.25, 0.3) is 0 Å². The first-order valence-electron chi connectivity index (χ1n) is 6.94. The summed E-state index contributed by atoms with van der Waals surface area (Å²) in [6.45, 7) is 9.20. The summed E-state index contributed by atoms with van der Waals surface area (Å²) in [4.78, 5) is 0. The van der Waals surface area contributed by atoms with Crippen molar-refractivity contribution < 1.29 is 4.21 Å². The third-order valence-electron chi connectivity index (χ3n) is 3.39. The Balaban J connectivity index is 2.43. The molecule has 0 aliphatic heterocycles. The van der Waals surface area contributed by atoms with Crippen LogP contribution < -0.4 is 5.73 Å². The van der Waals surface area contributed by atoms with Gasteiger partial charge in [-0.15, -0.1) is 0 Å². The molecule has 0 aromatic heterocycles. The lowest BCUT2D eigenvalue weighted by molar-refractivity contribution is 0.344. The molecule has 1 atom stereocenters. The minimum absolute atomic E-state index is 0.171. The number of hydrogen-bond donors (Lipinski definition) is 1. The first-order valence-corrected chi connectivity index (χ1v) is 8.43. The Hall–Kier alpha value is -0.670. The maximum absolute atomic E-state index is 12.1. The molecule has 0 spiro atoms. The first-order chi connectivity index (χ1) is 8.82. The van der Waals surface area contributed by atoms with Crippen molar-refractivity contribution in [3.63, 3.8) is 0 Å². The lowest BCUT2D eigenvalue weighted by Gasteiger charge is -2.21. The van der Waals surface area contributed by atoms with Crippen LogP contribution in [0.5, 0.6) is 0 Å². The van der Waals surface area contributed by atoms with Gasteiger partial charge in [-0.25, -0.2) is 0 Å². The van der Waals surface area contributed by atoms with Gasteiger partial charge in [0.05, 0.1) is 0 Å². The molecular formula is C16H27NOS. The molecule has 108 valence electrons. The van der Waals surface area contributed by atoms with Gasteiger partial charge in [0, 0.05) is 22.3 Å². The van der Waals surface area contributed by atoms with Gasteiger partial charge in [-0.1, -0.05) is 43.2 Å². The summed E-state index contributed by atoms with van der Waals surface area (Å²) in [5.74, 6) is 1.45. The summed E-state index contributed by atoms with van der Waals surface area (Å²) in [6, 6.07) is 6.42. The molecule has 19 heavy (non-hydrogen) atoms. The van der Waals surface area contributed by atoms with E-state index in [2.05, 4.69) is 45.9 Å². The Morgan fingerprint density at radius 1 is 1.16 bits per heavy atom. The van der Waals surface area contributed by atoms with E-state index in [9.17, 15) is 4.21 Å². The van der Waals surface area contributed by atoms with Crippen LogP contribution >= 0.6 is 0 Å². The van der Waals surface area contributed by atoms with Crippen molar-refractivity contribution in [2.24, 2.45) is 11.1 Å². The largest absolute Gasteiger partial charge is 0.330 e. The van der Waals surface area contributed by atoms with Gasteiger partial charge in [-0.2, -0.15) is 0 Å². The lowest BCUT2D eigenvalue weighted by Crippen LogP contribution is -2.23. The normalized spacial score (nSPS) is 13.5. The van der Waals surface area contributed by atoms with Gasteiger partial charge >= 0.3 is 0 Å². The van der Waals surface area contributed by atoms with Crippen molar-refractivity contribution >= 4 is 10.8 Å². The van der Waals surface area contributed by atoms with E-state index in [1.54, 1.807) is 0 Å². The number of benzene rings is 1. The fraction of sp³-hybridized carbons (Fsp3) is 0.625. The van der Waals surface area contributed by atoms with Gasteiger partial charge < -0.3 is 5.73 Å². The molecule has 1 rings (SSSR count). The molecule has 0 saturated heterocycles. The number of aryl methyl sites for hydroxylation is 2. The van der Waals surface area contributed by atoms with Crippen molar-refractivity contribution in [2.75, 3.05) is 12.3 Å². The van der Waals surface area contributed by atoms with Crippen molar-refractivity contribution in [1.29, 1.82) is 0 Å². The number of hydrogen-bond acceptors (Lipinski definition) is 2. The molecule has 0 saturated carbocycles. The average molecular weight is 281 g/mol. The molecule has 0 heterocycles. The van der Waals surface area contributed by atoms with Crippen LogP contribution in [-0.4, -0.2) is 16.5 Å². The topological polar surface area (TPSA) is 43.1 Å². The van der Waals surface area contributed by atoms with E-state index in [0.717, 1.165) is 18.6 Å². The first kappa shape index (κ1) is 16.4. The zero-order valence-electron chi connectivity index (χ0n) is 12.7. The standard InChI is InChI=1S/C16H27NOS/c1-13-8-14(2)10-15(9-13)11-19(18)7-5-6-16(3,4)12-17/h8-10H,5-7,11-12,17H2,1-4H3. The SMILES string of the molecule is Cc1cc(C)cc(CS(=O)CCCC(C)(C)CN)c1. The Kier molecular flexibility index (Phi) is 6.21. The second-order valence-electron chi connectivity index (χ2n) is 6.26. The van der Waals surface area contributed by atoms with Crippen LogP contribution in [0.4, 0.5) is 0 Å².